The zero-order valence-electron chi connectivity index (χ0n) is 9.90. The highest BCUT2D eigenvalue weighted by Gasteiger charge is 2.18. The van der Waals surface area contributed by atoms with Crippen LogP contribution in [0.5, 0.6) is 0 Å². The van der Waals surface area contributed by atoms with Crippen molar-refractivity contribution in [2.45, 2.75) is 19.4 Å². The molecule has 0 aliphatic carbocycles. The van der Waals surface area contributed by atoms with Crippen LogP contribution in [0.25, 0.3) is 0 Å². The van der Waals surface area contributed by atoms with Crippen molar-refractivity contribution in [3.05, 3.63) is 28.8 Å². The molecule has 1 aliphatic heterocycles. The van der Waals surface area contributed by atoms with Gasteiger partial charge in [-0.2, -0.15) is 0 Å². The molecule has 3 nitrogen and oxygen atoms in total. The van der Waals surface area contributed by atoms with E-state index in [1.165, 1.54) is 0 Å². The Hall–Kier alpha value is -0.770. The van der Waals surface area contributed by atoms with Gasteiger partial charge in [-0.1, -0.05) is 17.7 Å². The summed E-state index contributed by atoms with van der Waals surface area (Å²) in [5.41, 5.74) is 7.51. The number of aliphatic hydroxyl groups is 1. The first-order valence-electron chi connectivity index (χ1n) is 6.06. The highest BCUT2D eigenvalue weighted by Crippen LogP contribution is 2.23. The molecule has 0 atom stereocenters. The van der Waals surface area contributed by atoms with Gasteiger partial charge in [0.25, 0.3) is 0 Å². The van der Waals surface area contributed by atoms with Crippen LogP contribution in [0.2, 0.25) is 5.02 Å². The minimum atomic E-state index is 0.316. The lowest BCUT2D eigenvalue weighted by molar-refractivity contribution is 0.127. The quantitative estimate of drug-likeness (QED) is 0.813. The third-order valence-electron chi connectivity index (χ3n) is 3.44. The molecule has 0 bridgehead atoms. The molecule has 0 spiro atoms. The Morgan fingerprint density at radius 3 is 2.65 bits per heavy atom. The molecule has 1 aromatic rings. The van der Waals surface area contributed by atoms with Crippen molar-refractivity contribution in [1.82, 2.24) is 4.90 Å². The number of piperidine rings is 1. The molecule has 0 aromatic heterocycles. The van der Waals surface area contributed by atoms with E-state index in [4.69, 9.17) is 22.4 Å². The van der Waals surface area contributed by atoms with E-state index in [2.05, 4.69) is 4.90 Å². The van der Waals surface area contributed by atoms with Crippen molar-refractivity contribution in [2.24, 2.45) is 5.92 Å². The number of anilines is 1. The second kappa shape index (κ2) is 5.71. The number of benzene rings is 1. The van der Waals surface area contributed by atoms with Gasteiger partial charge in [-0.3, -0.25) is 4.90 Å². The van der Waals surface area contributed by atoms with Gasteiger partial charge in [-0.25, -0.2) is 0 Å². The first-order chi connectivity index (χ1) is 8.19. The maximum Gasteiger partial charge on any atom is 0.0471 e. The van der Waals surface area contributed by atoms with Crippen LogP contribution in [0, 0.1) is 5.92 Å². The molecule has 0 amide bonds. The van der Waals surface area contributed by atoms with Crippen molar-refractivity contribution in [1.29, 1.82) is 0 Å². The number of nitrogen functional groups attached to an aromatic ring is 1. The van der Waals surface area contributed by atoms with Crippen LogP contribution in [0.15, 0.2) is 18.2 Å². The average Bonchev–Trinajstić information content (AvgIpc) is 2.34. The fourth-order valence-electron chi connectivity index (χ4n) is 2.26. The predicted octanol–water partition coefficient (Wildman–Crippen LogP) is 2.13. The molecule has 1 fully saturated rings. The van der Waals surface area contributed by atoms with Crippen LogP contribution in [-0.4, -0.2) is 29.7 Å². The van der Waals surface area contributed by atoms with Crippen LogP contribution >= 0.6 is 11.6 Å². The Bertz CT molecular complexity index is 376. The Kier molecular flexibility index (Phi) is 4.26. The van der Waals surface area contributed by atoms with Crippen molar-refractivity contribution in [3.8, 4) is 0 Å². The van der Waals surface area contributed by atoms with Crippen molar-refractivity contribution in [2.75, 3.05) is 25.4 Å². The van der Waals surface area contributed by atoms with Crippen LogP contribution in [-0.2, 0) is 6.54 Å². The standard InChI is InChI=1S/C13H19ClN2O/c14-13-7-12(15)2-1-11(13)8-16-5-3-10(9-17)4-6-16/h1-2,7,10,17H,3-6,8-9,15H2. The summed E-state index contributed by atoms with van der Waals surface area (Å²) in [7, 11) is 0. The molecule has 1 saturated heterocycles. The molecule has 0 saturated carbocycles. The average molecular weight is 255 g/mol. The number of aliphatic hydroxyl groups excluding tert-OH is 1. The van der Waals surface area contributed by atoms with E-state index in [0.717, 1.165) is 43.1 Å². The SMILES string of the molecule is Nc1ccc(CN2CCC(CO)CC2)c(Cl)c1. The van der Waals surface area contributed by atoms with Crippen LogP contribution in [0.1, 0.15) is 18.4 Å². The summed E-state index contributed by atoms with van der Waals surface area (Å²) in [6, 6.07) is 5.69. The summed E-state index contributed by atoms with van der Waals surface area (Å²) in [5.74, 6) is 0.480. The van der Waals surface area contributed by atoms with Crippen molar-refractivity contribution >= 4 is 17.3 Å². The number of nitrogens with zero attached hydrogens (tertiary/aromatic N) is 1. The van der Waals surface area contributed by atoms with E-state index in [-0.39, 0.29) is 0 Å². The molecule has 2 rings (SSSR count). The number of hydrogen-bond acceptors (Lipinski definition) is 3. The molecule has 0 radical (unpaired) electrons. The fraction of sp³-hybridized carbons (Fsp3) is 0.538. The Morgan fingerprint density at radius 1 is 1.35 bits per heavy atom. The van der Waals surface area contributed by atoms with Gasteiger partial charge in [-0.05, 0) is 49.5 Å². The van der Waals surface area contributed by atoms with E-state index in [1.54, 1.807) is 6.07 Å². The Labute approximate surface area is 107 Å². The molecule has 94 valence electrons. The van der Waals surface area contributed by atoms with E-state index < -0.39 is 0 Å². The van der Waals surface area contributed by atoms with Gasteiger partial charge in [-0.15, -0.1) is 0 Å². The topological polar surface area (TPSA) is 49.5 Å². The van der Waals surface area contributed by atoms with Gasteiger partial charge in [0, 0.05) is 23.9 Å². The minimum absolute atomic E-state index is 0.316. The third kappa shape index (κ3) is 3.35. The second-order valence-corrected chi connectivity index (χ2v) is 5.16. The van der Waals surface area contributed by atoms with E-state index in [1.807, 2.05) is 12.1 Å². The Morgan fingerprint density at radius 2 is 2.06 bits per heavy atom. The summed E-state index contributed by atoms with van der Waals surface area (Å²) < 4.78 is 0. The van der Waals surface area contributed by atoms with Crippen molar-refractivity contribution < 1.29 is 5.11 Å². The lowest BCUT2D eigenvalue weighted by atomic mass is 9.97. The van der Waals surface area contributed by atoms with Gasteiger partial charge < -0.3 is 10.8 Å². The number of halogens is 1. The molecule has 17 heavy (non-hydrogen) atoms. The van der Waals surface area contributed by atoms with E-state index in [9.17, 15) is 0 Å². The molecule has 3 N–H and O–H groups in total. The molecule has 1 heterocycles. The highest BCUT2D eigenvalue weighted by molar-refractivity contribution is 6.31. The maximum absolute atomic E-state index is 9.09. The fourth-order valence-corrected chi connectivity index (χ4v) is 2.51. The number of rotatable bonds is 3. The zero-order chi connectivity index (χ0) is 12.3. The third-order valence-corrected chi connectivity index (χ3v) is 3.79. The van der Waals surface area contributed by atoms with Gasteiger partial charge in [0.2, 0.25) is 0 Å². The monoisotopic (exact) mass is 254 g/mol. The number of likely N-dealkylation sites (tertiary alicyclic amines) is 1. The van der Waals surface area contributed by atoms with Crippen LogP contribution in [0.4, 0.5) is 5.69 Å². The molecule has 1 aliphatic rings. The summed E-state index contributed by atoms with van der Waals surface area (Å²) >= 11 is 6.16. The summed E-state index contributed by atoms with van der Waals surface area (Å²) in [6.45, 7) is 3.26. The van der Waals surface area contributed by atoms with E-state index in [0.29, 0.717) is 18.2 Å². The lowest BCUT2D eigenvalue weighted by Gasteiger charge is -2.31. The maximum atomic E-state index is 9.09. The summed E-state index contributed by atoms with van der Waals surface area (Å²) in [6.07, 6.45) is 2.15. The summed E-state index contributed by atoms with van der Waals surface area (Å²) in [4.78, 5) is 2.38. The van der Waals surface area contributed by atoms with Gasteiger partial charge in [0.15, 0.2) is 0 Å². The van der Waals surface area contributed by atoms with Crippen LogP contribution < -0.4 is 5.73 Å². The zero-order valence-corrected chi connectivity index (χ0v) is 10.7. The van der Waals surface area contributed by atoms with Crippen LogP contribution in [0.3, 0.4) is 0 Å². The first kappa shape index (κ1) is 12.7. The van der Waals surface area contributed by atoms with Gasteiger partial charge in [0.05, 0.1) is 0 Å². The lowest BCUT2D eigenvalue weighted by Crippen LogP contribution is -2.34. The van der Waals surface area contributed by atoms with Gasteiger partial charge >= 0.3 is 0 Å². The summed E-state index contributed by atoms with van der Waals surface area (Å²) in [5, 5.41) is 9.83. The Balaban J connectivity index is 1.93. The van der Waals surface area contributed by atoms with E-state index >= 15 is 0 Å². The normalized spacial score (nSPS) is 18.5. The van der Waals surface area contributed by atoms with Gasteiger partial charge in [0.1, 0.15) is 0 Å². The molecule has 0 unspecified atom stereocenters. The predicted molar refractivity (Wildman–Crippen MR) is 71.0 cm³/mol. The second-order valence-electron chi connectivity index (χ2n) is 4.75. The molecular formula is C13H19ClN2O. The number of nitrogens with two attached hydrogens (primary N) is 1. The smallest absolute Gasteiger partial charge is 0.0471 e. The molecule has 4 heteroatoms. The first-order valence-corrected chi connectivity index (χ1v) is 6.44. The highest BCUT2D eigenvalue weighted by atomic mass is 35.5. The van der Waals surface area contributed by atoms with Crippen molar-refractivity contribution in [3.63, 3.8) is 0 Å². The molecular weight excluding hydrogens is 236 g/mol. The molecule has 1 aromatic carbocycles. The minimum Gasteiger partial charge on any atom is -0.399 e. The largest absolute Gasteiger partial charge is 0.399 e. The number of hydrogen-bond donors (Lipinski definition) is 2.